The zero-order valence-corrected chi connectivity index (χ0v) is 21.8. The fourth-order valence-electron chi connectivity index (χ4n) is 5.85. The molecular formula is C37H25N3. The van der Waals surface area contributed by atoms with Crippen LogP contribution in [0, 0.1) is 0 Å². The van der Waals surface area contributed by atoms with Crippen LogP contribution in [-0.4, -0.2) is 14.1 Å². The van der Waals surface area contributed by atoms with Crippen molar-refractivity contribution in [3.63, 3.8) is 0 Å². The van der Waals surface area contributed by atoms with Crippen molar-refractivity contribution in [1.82, 2.24) is 14.1 Å². The molecule has 0 aliphatic heterocycles. The second-order valence-electron chi connectivity index (χ2n) is 10.1. The van der Waals surface area contributed by atoms with Crippen molar-refractivity contribution in [3.8, 4) is 33.9 Å². The smallest absolute Gasteiger partial charge is 0.138 e. The van der Waals surface area contributed by atoms with Crippen molar-refractivity contribution in [2.24, 2.45) is 0 Å². The van der Waals surface area contributed by atoms with Crippen molar-refractivity contribution in [3.05, 3.63) is 152 Å². The minimum Gasteiger partial charge on any atom is -0.309 e. The molecule has 40 heavy (non-hydrogen) atoms. The van der Waals surface area contributed by atoms with E-state index in [1.54, 1.807) is 0 Å². The van der Waals surface area contributed by atoms with Crippen LogP contribution in [0.15, 0.2) is 152 Å². The van der Waals surface area contributed by atoms with Crippen LogP contribution < -0.4 is 0 Å². The number of para-hydroxylation sites is 2. The third-order valence-electron chi connectivity index (χ3n) is 7.73. The molecule has 0 saturated carbocycles. The van der Waals surface area contributed by atoms with Crippen LogP contribution >= 0.6 is 0 Å². The van der Waals surface area contributed by atoms with Crippen molar-refractivity contribution < 1.29 is 0 Å². The summed E-state index contributed by atoms with van der Waals surface area (Å²) in [6, 6.07) is 51.4. The van der Waals surface area contributed by atoms with E-state index < -0.39 is 0 Å². The Hall–Kier alpha value is -5.41. The van der Waals surface area contributed by atoms with E-state index in [1.807, 2.05) is 6.07 Å². The highest BCUT2D eigenvalue weighted by Gasteiger charge is 2.16. The molecule has 0 unspecified atom stereocenters. The molecule has 3 aromatic heterocycles. The van der Waals surface area contributed by atoms with Crippen LogP contribution in [0.5, 0.6) is 0 Å². The maximum atomic E-state index is 5.18. The fraction of sp³-hybridized carbons (Fsp3) is 0. The first-order chi connectivity index (χ1) is 19.8. The van der Waals surface area contributed by atoms with E-state index in [1.165, 1.54) is 32.8 Å². The van der Waals surface area contributed by atoms with Crippen molar-refractivity contribution in [1.29, 1.82) is 0 Å². The highest BCUT2D eigenvalue weighted by Crippen LogP contribution is 2.36. The number of benzene rings is 5. The molecule has 8 rings (SSSR count). The van der Waals surface area contributed by atoms with Crippen LogP contribution in [0.2, 0.25) is 0 Å². The number of pyridine rings is 1. The standard InChI is InChI=1S/C37H25N3/c1-4-12-26(13-5-1)29-23-33(27-14-6-2-7-15-27)38-37(24-29)39-21-20-28-22-32-31-18-10-11-19-34(31)40(36(32)25-35(28)39)30-16-8-3-9-17-30/h1-25H. The van der Waals surface area contributed by atoms with E-state index in [0.717, 1.165) is 33.8 Å². The van der Waals surface area contributed by atoms with Gasteiger partial charge >= 0.3 is 0 Å². The molecule has 8 aromatic rings. The lowest BCUT2D eigenvalue weighted by molar-refractivity contribution is 1.05. The van der Waals surface area contributed by atoms with Crippen molar-refractivity contribution >= 4 is 32.7 Å². The largest absolute Gasteiger partial charge is 0.309 e. The molecule has 0 fully saturated rings. The molecule has 5 aromatic carbocycles. The topological polar surface area (TPSA) is 22.8 Å². The predicted molar refractivity (Wildman–Crippen MR) is 166 cm³/mol. The van der Waals surface area contributed by atoms with Gasteiger partial charge in [0.1, 0.15) is 5.82 Å². The number of aromatic nitrogens is 3. The Labute approximate surface area is 232 Å². The number of fused-ring (bicyclic) bond motifs is 4. The monoisotopic (exact) mass is 511 g/mol. The number of hydrogen-bond acceptors (Lipinski definition) is 1. The molecular weight excluding hydrogens is 486 g/mol. The van der Waals surface area contributed by atoms with Gasteiger partial charge in [0.15, 0.2) is 0 Å². The summed E-state index contributed by atoms with van der Waals surface area (Å²) >= 11 is 0. The Morgan fingerprint density at radius 3 is 1.90 bits per heavy atom. The SMILES string of the molecule is c1ccc(-c2cc(-c3ccccc3)nc(-n3ccc4cc5c6ccccc6n(-c6ccccc6)c5cc43)c2)cc1. The first kappa shape index (κ1) is 22.6. The highest BCUT2D eigenvalue weighted by molar-refractivity contribution is 6.13. The predicted octanol–water partition coefficient (Wildman–Crippen LogP) is 9.46. The van der Waals surface area contributed by atoms with Crippen LogP contribution in [-0.2, 0) is 0 Å². The quantitative estimate of drug-likeness (QED) is 0.231. The van der Waals surface area contributed by atoms with Gasteiger partial charge in [-0.15, -0.1) is 0 Å². The van der Waals surface area contributed by atoms with Gasteiger partial charge in [-0.1, -0.05) is 97.1 Å². The molecule has 0 radical (unpaired) electrons. The maximum Gasteiger partial charge on any atom is 0.138 e. The van der Waals surface area contributed by atoms with Crippen LogP contribution in [0.25, 0.3) is 66.6 Å². The minimum absolute atomic E-state index is 0.900. The van der Waals surface area contributed by atoms with Gasteiger partial charge in [-0.25, -0.2) is 4.98 Å². The van der Waals surface area contributed by atoms with E-state index in [0.29, 0.717) is 0 Å². The molecule has 0 aliphatic carbocycles. The first-order valence-electron chi connectivity index (χ1n) is 13.6. The summed E-state index contributed by atoms with van der Waals surface area (Å²) < 4.78 is 4.59. The van der Waals surface area contributed by atoms with E-state index in [4.69, 9.17) is 4.98 Å². The van der Waals surface area contributed by atoms with Gasteiger partial charge in [0, 0.05) is 33.6 Å². The third kappa shape index (κ3) is 3.63. The minimum atomic E-state index is 0.900. The maximum absolute atomic E-state index is 5.18. The average Bonchev–Trinajstić information content (AvgIpc) is 3.59. The van der Waals surface area contributed by atoms with E-state index in [2.05, 4.69) is 155 Å². The molecule has 0 amide bonds. The second-order valence-corrected chi connectivity index (χ2v) is 10.1. The van der Waals surface area contributed by atoms with Gasteiger partial charge in [-0.2, -0.15) is 0 Å². The van der Waals surface area contributed by atoms with Crippen molar-refractivity contribution in [2.45, 2.75) is 0 Å². The van der Waals surface area contributed by atoms with Gasteiger partial charge < -0.3 is 9.13 Å². The molecule has 3 nitrogen and oxygen atoms in total. The lowest BCUT2D eigenvalue weighted by Crippen LogP contribution is -1.99. The van der Waals surface area contributed by atoms with E-state index >= 15 is 0 Å². The van der Waals surface area contributed by atoms with E-state index in [9.17, 15) is 0 Å². The highest BCUT2D eigenvalue weighted by atomic mass is 15.1. The Morgan fingerprint density at radius 1 is 0.450 bits per heavy atom. The zero-order chi connectivity index (χ0) is 26.5. The lowest BCUT2D eigenvalue weighted by atomic mass is 10.0. The molecule has 0 bridgehead atoms. The summed E-state index contributed by atoms with van der Waals surface area (Å²) in [6.07, 6.45) is 2.14. The summed E-state index contributed by atoms with van der Waals surface area (Å²) in [5.41, 5.74) is 9.05. The van der Waals surface area contributed by atoms with Gasteiger partial charge in [-0.3, -0.25) is 0 Å². The zero-order valence-electron chi connectivity index (χ0n) is 21.8. The Kier molecular flexibility index (Phi) is 5.14. The Balaban J connectivity index is 1.40. The van der Waals surface area contributed by atoms with Crippen LogP contribution in [0.4, 0.5) is 0 Å². The summed E-state index contributed by atoms with van der Waals surface area (Å²) in [6.45, 7) is 0. The van der Waals surface area contributed by atoms with E-state index in [-0.39, 0.29) is 0 Å². The Bertz CT molecular complexity index is 2080. The van der Waals surface area contributed by atoms with Gasteiger partial charge in [0.2, 0.25) is 0 Å². The molecule has 0 N–H and O–H groups in total. The number of rotatable bonds is 4. The van der Waals surface area contributed by atoms with Gasteiger partial charge in [0.05, 0.1) is 22.2 Å². The lowest BCUT2D eigenvalue weighted by Gasteiger charge is -2.12. The summed E-state index contributed by atoms with van der Waals surface area (Å²) in [4.78, 5) is 5.18. The van der Waals surface area contributed by atoms with Crippen molar-refractivity contribution in [2.75, 3.05) is 0 Å². The summed E-state index contributed by atoms with van der Waals surface area (Å²) in [5.74, 6) is 0.900. The molecule has 0 aliphatic rings. The molecule has 3 heterocycles. The summed E-state index contributed by atoms with van der Waals surface area (Å²) in [7, 11) is 0. The Morgan fingerprint density at radius 2 is 1.12 bits per heavy atom. The first-order valence-corrected chi connectivity index (χ1v) is 13.6. The number of nitrogens with zero attached hydrogens (tertiary/aromatic N) is 3. The molecule has 0 atom stereocenters. The molecule has 0 spiro atoms. The van der Waals surface area contributed by atoms with Gasteiger partial charge in [0.25, 0.3) is 0 Å². The van der Waals surface area contributed by atoms with Crippen LogP contribution in [0.1, 0.15) is 0 Å². The van der Waals surface area contributed by atoms with Gasteiger partial charge in [-0.05, 0) is 59.7 Å². The normalized spacial score (nSPS) is 11.5. The molecule has 188 valence electrons. The van der Waals surface area contributed by atoms with Crippen LogP contribution in [0.3, 0.4) is 0 Å². The third-order valence-corrected chi connectivity index (χ3v) is 7.73. The second kappa shape index (κ2) is 9.11. The summed E-state index contributed by atoms with van der Waals surface area (Å²) in [5, 5.41) is 3.70. The average molecular weight is 512 g/mol. The fourth-order valence-corrected chi connectivity index (χ4v) is 5.85. The molecule has 0 saturated heterocycles. The molecule has 3 heteroatoms. The number of hydrogen-bond donors (Lipinski definition) is 0.